The van der Waals surface area contributed by atoms with Gasteiger partial charge in [-0.15, -0.1) is 0 Å². The first kappa shape index (κ1) is 17.5. The van der Waals surface area contributed by atoms with Crippen LogP contribution in [0, 0.1) is 30.6 Å². The third-order valence-corrected chi connectivity index (χ3v) is 6.82. The van der Waals surface area contributed by atoms with Crippen molar-refractivity contribution in [2.24, 2.45) is 23.7 Å². The van der Waals surface area contributed by atoms with E-state index in [1.807, 2.05) is 19.1 Å². The van der Waals surface area contributed by atoms with Crippen LogP contribution >= 0.6 is 0 Å². The van der Waals surface area contributed by atoms with Crippen molar-refractivity contribution in [1.29, 1.82) is 0 Å². The van der Waals surface area contributed by atoms with Crippen molar-refractivity contribution in [3.8, 4) is 0 Å². The van der Waals surface area contributed by atoms with Gasteiger partial charge in [-0.2, -0.15) is 0 Å². The molecule has 6 nitrogen and oxygen atoms in total. The zero-order valence-electron chi connectivity index (χ0n) is 16.1. The molecule has 5 rings (SSSR count). The van der Waals surface area contributed by atoms with Crippen LogP contribution in [0.25, 0.3) is 0 Å². The highest BCUT2D eigenvalue weighted by Crippen LogP contribution is 2.52. The maximum atomic E-state index is 12.7. The number of allylic oxidation sites excluding steroid dienone is 2. The summed E-state index contributed by atoms with van der Waals surface area (Å²) in [6, 6.07) is 6.02. The number of anilines is 2. The average molecular weight is 379 g/mol. The van der Waals surface area contributed by atoms with Crippen LogP contribution in [0.2, 0.25) is 0 Å². The van der Waals surface area contributed by atoms with Crippen molar-refractivity contribution in [3.63, 3.8) is 0 Å². The highest BCUT2D eigenvalue weighted by Gasteiger charge is 2.59. The monoisotopic (exact) mass is 379 g/mol. The van der Waals surface area contributed by atoms with Gasteiger partial charge in [0.05, 0.1) is 11.8 Å². The summed E-state index contributed by atoms with van der Waals surface area (Å²) in [6.45, 7) is 3.92. The van der Waals surface area contributed by atoms with Gasteiger partial charge in [0.2, 0.25) is 17.7 Å². The van der Waals surface area contributed by atoms with Crippen molar-refractivity contribution in [1.82, 2.24) is 4.90 Å². The number of nitrogens with one attached hydrogen (secondary N) is 1. The zero-order valence-corrected chi connectivity index (χ0v) is 16.1. The molecule has 0 radical (unpaired) electrons. The van der Waals surface area contributed by atoms with Gasteiger partial charge >= 0.3 is 0 Å². The minimum atomic E-state index is -0.320. The molecule has 2 aliphatic heterocycles. The molecule has 4 aliphatic rings. The van der Waals surface area contributed by atoms with Crippen LogP contribution in [0.15, 0.2) is 30.4 Å². The molecule has 3 amide bonds. The number of likely N-dealkylation sites (tertiary alicyclic amines) is 1. The van der Waals surface area contributed by atoms with E-state index in [4.69, 9.17) is 0 Å². The summed E-state index contributed by atoms with van der Waals surface area (Å²) in [6.07, 6.45) is 7.45. The minimum absolute atomic E-state index is 0.167. The molecule has 3 fully saturated rings. The van der Waals surface area contributed by atoms with E-state index in [0.717, 1.165) is 30.8 Å². The molecule has 0 aromatic heterocycles. The fourth-order valence-electron chi connectivity index (χ4n) is 5.41. The summed E-state index contributed by atoms with van der Waals surface area (Å²) >= 11 is 0. The fourth-order valence-corrected chi connectivity index (χ4v) is 5.41. The Morgan fingerprint density at radius 2 is 1.71 bits per heavy atom. The third kappa shape index (κ3) is 2.65. The first-order valence-electron chi connectivity index (χ1n) is 10.2. The van der Waals surface area contributed by atoms with E-state index in [0.29, 0.717) is 0 Å². The zero-order chi connectivity index (χ0) is 19.4. The number of nitrogens with zero attached hydrogens (tertiary/aromatic N) is 2. The van der Waals surface area contributed by atoms with Gasteiger partial charge in [0.25, 0.3) is 0 Å². The van der Waals surface area contributed by atoms with Gasteiger partial charge in [-0.1, -0.05) is 12.2 Å². The van der Waals surface area contributed by atoms with Gasteiger partial charge < -0.3 is 10.2 Å². The molecule has 4 atom stereocenters. The lowest BCUT2D eigenvalue weighted by Gasteiger charge is -2.20. The maximum absolute atomic E-state index is 12.7. The molecule has 0 spiro atoms. The van der Waals surface area contributed by atoms with Crippen molar-refractivity contribution in [2.45, 2.75) is 26.2 Å². The molecule has 146 valence electrons. The lowest BCUT2D eigenvalue weighted by molar-refractivity contribution is -0.143. The SMILES string of the molecule is Cc1cc(N2CCCC2)ccc1NC(=O)CN1C(=O)C2C3C=CC(C3)C2C1=O. The Morgan fingerprint density at radius 1 is 1.07 bits per heavy atom. The third-order valence-electron chi connectivity index (χ3n) is 6.82. The van der Waals surface area contributed by atoms with Gasteiger partial charge in [-0.05, 0) is 61.8 Å². The van der Waals surface area contributed by atoms with Crippen LogP contribution < -0.4 is 10.2 Å². The molecule has 2 saturated heterocycles. The first-order valence-corrected chi connectivity index (χ1v) is 10.2. The number of carbonyl (C=O) groups excluding carboxylic acids is 3. The number of carbonyl (C=O) groups is 3. The number of imide groups is 1. The molecular weight excluding hydrogens is 354 g/mol. The maximum Gasteiger partial charge on any atom is 0.244 e. The van der Waals surface area contributed by atoms with Crippen LogP contribution in [0.5, 0.6) is 0 Å². The summed E-state index contributed by atoms with van der Waals surface area (Å²) in [4.78, 5) is 41.5. The number of fused-ring (bicyclic) bond motifs is 5. The normalized spacial score (nSPS) is 30.5. The van der Waals surface area contributed by atoms with Crippen molar-refractivity contribution in [2.75, 3.05) is 29.9 Å². The number of benzene rings is 1. The van der Waals surface area contributed by atoms with Gasteiger partial charge in [0, 0.05) is 24.5 Å². The topological polar surface area (TPSA) is 69.7 Å². The van der Waals surface area contributed by atoms with E-state index >= 15 is 0 Å². The quantitative estimate of drug-likeness (QED) is 0.644. The van der Waals surface area contributed by atoms with Gasteiger partial charge in [-0.3, -0.25) is 19.3 Å². The second kappa shape index (κ2) is 6.47. The molecule has 28 heavy (non-hydrogen) atoms. The van der Waals surface area contributed by atoms with Crippen molar-refractivity contribution >= 4 is 29.1 Å². The summed E-state index contributed by atoms with van der Waals surface area (Å²) in [5, 5.41) is 2.88. The largest absolute Gasteiger partial charge is 0.372 e. The van der Waals surface area contributed by atoms with E-state index in [-0.39, 0.29) is 47.9 Å². The Bertz CT molecular complexity index is 857. The van der Waals surface area contributed by atoms with E-state index in [9.17, 15) is 14.4 Å². The Balaban J connectivity index is 1.25. The van der Waals surface area contributed by atoms with E-state index in [2.05, 4.69) is 28.4 Å². The van der Waals surface area contributed by atoms with Gasteiger partial charge in [0.15, 0.2) is 0 Å². The number of rotatable bonds is 4. The van der Waals surface area contributed by atoms with Crippen LogP contribution in [0.4, 0.5) is 11.4 Å². The molecule has 2 bridgehead atoms. The molecule has 2 heterocycles. The molecule has 1 N–H and O–H groups in total. The van der Waals surface area contributed by atoms with Gasteiger partial charge in [0.1, 0.15) is 6.54 Å². The van der Waals surface area contributed by atoms with E-state index in [1.165, 1.54) is 23.4 Å². The lowest BCUT2D eigenvalue weighted by atomic mass is 9.85. The van der Waals surface area contributed by atoms with Crippen LogP contribution in [-0.2, 0) is 14.4 Å². The fraction of sp³-hybridized carbons (Fsp3) is 0.500. The summed E-state index contributed by atoms with van der Waals surface area (Å²) in [5.74, 6) is -0.849. The number of hydrogen-bond donors (Lipinski definition) is 1. The molecular formula is C22H25N3O3. The predicted octanol–water partition coefficient (Wildman–Crippen LogP) is 2.34. The molecule has 2 aliphatic carbocycles. The molecule has 1 saturated carbocycles. The average Bonchev–Trinajstić information content (AvgIpc) is 3.45. The Kier molecular flexibility index (Phi) is 4.03. The number of amides is 3. The summed E-state index contributed by atoms with van der Waals surface area (Å²) in [7, 11) is 0. The van der Waals surface area contributed by atoms with E-state index < -0.39 is 0 Å². The van der Waals surface area contributed by atoms with Crippen LogP contribution in [0.1, 0.15) is 24.8 Å². The summed E-state index contributed by atoms with van der Waals surface area (Å²) in [5.41, 5.74) is 2.89. The Morgan fingerprint density at radius 3 is 2.32 bits per heavy atom. The van der Waals surface area contributed by atoms with Gasteiger partial charge in [-0.25, -0.2) is 0 Å². The number of hydrogen-bond acceptors (Lipinski definition) is 4. The Labute approximate surface area is 164 Å². The van der Waals surface area contributed by atoms with Crippen molar-refractivity contribution in [3.05, 3.63) is 35.9 Å². The summed E-state index contributed by atoms with van der Waals surface area (Å²) < 4.78 is 0. The molecule has 4 unspecified atom stereocenters. The minimum Gasteiger partial charge on any atom is -0.372 e. The Hall–Kier alpha value is -2.63. The van der Waals surface area contributed by atoms with E-state index in [1.54, 1.807) is 0 Å². The second-order valence-electron chi connectivity index (χ2n) is 8.50. The second-order valence-corrected chi connectivity index (χ2v) is 8.50. The molecule has 1 aromatic carbocycles. The first-order chi connectivity index (χ1) is 13.5. The number of aryl methyl sites for hydroxylation is 1. The van der Waals surface area contributed by atoms with Crippen LogP contribution in [-0.4, -0.2) is 42.3 Å². The van der Waals surface area contributed by atoms with Crippen molar-refractivity contribution < 1.29 is 14.4 Å². The highest BCUT2D eigenvalue weighted by molar-refractivity contribution is 6.09. The smallest absolute Gasteiger partial charge is 0.244 e. The predicted molar refractivity (Wildman–Crippen MR) is 106 cm³/mol. The standard InChI is InChI=1S/C22H25N3O3/c1-13-10-16(24-8-2-3-9-24)6-7-17(13)23-18(26)12-25-21(27)19-14-4-5-15(11-14)20(19)22(25)28/h4-7,10,14-15,19-20H,2-3,8-9,11-12H2,1H3,(H,23,26). The lowest BCUT2D eigenvalue weighted by Crippen LogP contribution is -2.39. The highest BCUT2D eigenvalue weighted by atomic mass is 16.2. The van der Waals surface area contributed by atoms with Crippen LogP contribution in [0.3, 0.4) is 0 Å². The molecule has 1 aromatic rings. The molecule has 6 heteroatoms.